The average Bonchev–Trinajstić information content (AvgIpc) is 2.21. The minimum atomic E-state index is -0.850. The first-order valence-corrected chi connectivity index (χ1v) is 4.88. The Labute approximate surface area is 95.4 Å². The lowest BCUT2D eigenvalue weighted by Gasteiger charge is -2.05. The first kappa shape index (κ1) is 12.4. The largest absolute Gasteiger partial charge is 0.318 e. The molecule has 0 saturated heterocycles. The van der Waals surface area contributed by atoms with Crippen LogP contribution in [0.2, 0.25) is 0 Å². The summed E-state index contributed by atoms with van der Waals surface area (Å²) in [4.78, 5) is 21.0. The van der Waals surface area contributed by atoms with Crippen molar-refractivity contribution in [1.29, 1.82) is 0 Å². The molecule has 0 radical (unpaired) electrons. The van der Waals surface area contributed by atoms with Gasteiger partial charge in [0.15, 0.2) is 11.5 Å². The van der Waals surface area contributed by atoms with Crippen LogP contribution >= 0.6 is 11.6 Å². The number of carbonyl (C=O) groups is 1. The van der Waals surface area contributed by atoms with Crippen LogP contribution in [0.1, 0.15) is 6.42 Å². The van der Waals surface area contributed by atoms with E-state index in [1.165, 1.54) is 6.07 Å². The number of alkyl halides is 1. The fraction of sp³-hybridized carbons (Fsp3) is 0.222. The number of nitro benzene ring substituents is 1. The van der Waals surface area contributed by atoms with Gasteiger partial charge in [-0.1, -0.05) is 6.07 Å². The molecule has 0 atom stereocenters. The SMILES string of the molecule is O=C(CCCl)Nc1c(F)cccc1[N+](=O)[O-]. The summed E-state index contributed by atoms with van der Waals surface area (Å²) >= 11 is 5.32. The van der Waals surface area contributed by atoms with E-state index in [1.54, 1.807) is 0 Å². The number of nitro groups is 1. The highest BCUT2D eigenvalue weighted by Gasteiger charge is 2.19. The fourth-order valence-corrected chi connectivity index (χ4v) is 1.25. The number of hydrogen-bond acceptors (Lipinski definition) is 3. The van der Waals surface area contributed by atoms with E-state index in [-0.39, 0.29) is 12.3 Å². The molecule has 0 aliphatic heterocycles. The highest BCUT2D eigenvalue weighted by Crippen LogP contribution is 2.26. The molecule has 1 aromatic carbocycles. The van der Waals surface area contributed by atoms with Gasteiger partial charge in [-0.2, -0.15) is 0 Å². The molecule has 0 spiro atoms. The van der Waals surface area contributed by atoms with Crippen molar-refractivity contribution in [2.45, 2.75) is 6.42 Å². The van der Waals surface area contributed by atoms with E-state index in [9.17, 15) is 19.3 Å². The number of halogens is 2. The molecule has 86 valence electrons. The lowest BCUT2D eigenvalue weighted by atomic mass is 10.2. The van der Waals surface area contributed by atoms with Gasteiger partial charge in [0.05, 0.1) is 4.92 Å². The third-order valence-corrected chi connectivity index (χ3v) is 1.96. The molecule has 0 unspecified atom stereocenters. The second-order valence-corrected chi connectivity index (χ2v) is 3.26. The van der Waals surface area contributed by atoms with E-state index >= 15 is 0 Å². The zero-order valence-electron chi connectivity index (χ0n) is 8.07. The number of amides is 1. The summed E-state index contributed by atoms with van der Waals surface area (Å²) in [6.45, 7) is 0. The van der Waals surface area contributed by atoms with Crippen molar-refractivity contribution in [3.8, 4) is 0 Å². The number of nitrogens with one attached hydrogen (secondary N) is 1. The van der Waals surface area contributed by atoms with Crippen LogP contribution in [0.5, 0.6) is 0 Å². The van der Waals surface area contributed by atoms with Gasteiger partial charge in [-0.3, -0.25) is 14.9 Å². The number of benzene rings is 1. The van der Waals surface area contributed by atoms with Gasteiger partial charge in [-0.15, -0.1) is 11.6 Å². The molecule has 5 nitrogen and oxygen atoms in total. The van der Waals surface area contributed by atoms with Crippen LogP contribution in [-0.2, 0) is 4.79 Å². The summed E-state index contributed by atoms with van der Waals surface area (Å²) in [5, 5.41) is 12.7. The predicted molar refractivity (Wildman–Crippen MR) is 57.0 cm³/mol. The van der Waals surface area contributed by atoms with E-state index in [2.05, 4.69) is 5.32 Å². The van der Waals surface area contributed by atoms with Crippen molar-refractivity contribution < 1.29 is 14.1 Å². The lowest BCUT2D eigenvalue weighted by molar-refractivity contribution is -0.384. The monoisotopic (exact) mass is 246 g/mol. The van der Waals surface area contributed by atoms with Gasteiger partial charge in [0, 0.05) is 18.4 Å². The normalized spacial score (nSPS) is 9.88. The molecule has 0 aliphatic carbocycles. The zero-order chi connectivity index (χ0) is 12.1. The molecule has 7 heteroatoms. The minimum absolute atomic E-state index is 0.0347. The molecule has 1 rings (SSSR count). The number of hydrogen-bond donors (Lipinski definition) is 1. The Balaban J connectivity index is 3.01. The molecule has 16 heavy (non-hydrogen) atoms. The number of nitrogens with zero attached hydrogens (tertiary/aromatic N) is 1. The molecule has 0 aliphatic rings. The highest BCUT2D eigenvalue weighted by atomic mass is 35.5. The van der Waals surface area contributed by atoms with Crippen LogP contribution in [0.3, 0.4) is 0 Å². The van der Waals surface area contributed by atoms with Crippen LogP contribution in [0.4, 0.5) is 15.8 Å². The van der Waals surface area contributed by atoms with Gasteiger partial charge >= 0.3 is 0 Å². The van der Waals surface area contributed by atoms with Crippen LogP contribution in [0.25, 0.3) is 0 Å². The van der Waals surface area contributed by atoms with Crippen molar-refractivity contribution in [3.05, 3.63) is 34.1 Å². The topological polar surface area (TPSA) is 72.2 Å². The Morgan fingerprint density at radius 3 is 2.81 bits per heavy atom. The molecule has 0 aromatic heterocycles. The molecule has 1 N–H and O–H groups in total. The molecule has 1 amide bonds. The maximum atomic E-state index is 13.3. The van der Waals surface area contributed by atoms with Gasteiger partial charge in [-0.05, 0) is 6.07 Å². The van der Waals surface area contributed by atoms with Crippen molar-refractivity contribution in [1.82, 2.24) is 0 Å². The van der Waals surface area contributed by atoms with Crippen LogP contribution < -0.4 is 5.32 Å². The van der Waals surface area contributed by atoms with Crippen molar-refractivity contribution in [3.63, 3.8) is 0 Å². The maximum Gasteiger partial charge on any atom is 0.295 e. The zero-order valence-corrected chi connectivity index (χ0v) is 8.83. The first-order valence-electron chi connectivity index (χ1n) is 4.35. The van der Waals surface area contributed by atoms with Gasteiger partial charge < -0.3 is 5.32 Å². The third kappa shape index (κ3) is 2.90. The molecule has 0 saturated carbocycles. The molecule has 0 bridgehead atoms. The predicted octanol–water partition coefficient (Wildman–Crippen LogP) is 2.30. The molecule has 0 heterocycles. The average molecular weight is 247 g/mol. The van der Waals surface area contributed by atoms with E-state index in [4.69, 9.17) is 11.6 Å². The fourth-order valence-electron chi connectivity index (χ4n) is 1.08. The third-order valence-electron chi connectivity index (χ3n) is 1.77. The first-order chi connectivity index (χ1) is 7.56. The number of anilines is 1. The molecular weight excluding hydrogens is 239 g/mol. The quantitative estimate of drug-likeness (QED) is 0.503. The van der Waals surface area contributed by atoms with Crippen molar-refractivity contribution >= 4 is 28.9 Å². The maximum absolute atomic E-state index is 13.3. The summed E-state index contributed by atoms with van der Waals surface area (Å²) < 4.78 is 13.3. The second kappa shape index (κ2) is 5.41. The second-order valence-electron chi connectivity index (χ2n) is 2.88. The Morgan fingerprint density at radius 1 is 1.56 bits per heavy atom. The van der Waals surface area contributed by atoms with Crippen LogP contribution in [0, 0.1) is 15.9 Å². The summed E-state index contributed by atoms with van der Waals surface area (Å²) in [5.41, 5.74) is -0.912. The Bertz CT molecular complexity index is 425. The summed E-state index contributed by atoms with van der Waals surface area (Å²) in [6.07, 6.45) is -0.0347. The standard InChI is InChI=1S/C9H8ClFN2O3/c10-5-4-8(14)12-9-6(11)2-1-3-7(9)13(15)16/h1-3H,4-5H2,(H,12,14). The van der Waals surface area contributed by atoms with Gasteiger partial charge in [0.25, 0.3) is 5.69 Å². The van der Waals surface area contributed by atoms with Gasteiger partial charge in [0.2, 0.25) is 5.91 Å². The molecule has 0 fully saturated rings. The van der Waals surface area contributed by atoms with E-state index in [0.29, 0.717) is 0 Å². The molecular formula is C9H8ClFN2O3. The number of carbonyl (C=O) groups excluding carboxylic acids is 1. The summed E-state index contributed by atoms with van der Waals surface area (Å²) in [5.74, 6) is -1.35. The smallest absolute Gasteiger partial charge is 0.295 e. The Kier molecular flexibility index (Phi) is 4.19. The van der Waals surface area contributed by atoms with Crippen LogP contribution in [0.15, 0.2) is 18.2 Å². The van der Waals surface area contributed by atoms with E-state index < -0.39 is 28.0 Å². The van der Waals surface area contributed by atoms with Crippen molar-refractivity contribution in [2.75, 3.05) is 11.2 Å². The minimum Gasteiger partial charge on any atom is -0.318 e. The number of para-hydroxylation sites is 1. The van der Waals surface area contributed by atoms with Crippen molar-refractivity contribution in [2.24, 2.45) is 0 Å². The van der Waals surface area contributed by atoms with Crippen LogP contribution in [-0.4, -0.2) is 16.7 Å². The van der Waals surface area contributed by atoms with Gasteiger partial charge in [-0.25, -0.2) is 4.39 Å². The van der Waals surface area contributed by atoms with E-state index in [1.807, 2.05) is 0 Å². The Hall–Kier alpha value is -1.69. The summed E-state index contributed by atoms with van der Waals surface area (Å²) in [6, 6.07) is 3.34. The summed E-state index contributed by atoms with van der Waals surface area (Å²) in [7, 11) is 0. The Morgan fingerprint density at radius 2 is 2.25 bits per heavy atom. The number of rotatable bonds is 4. The van der Waals surface area contributed by atoms with E-state index in [0.717, 1.165) is 12.1 Å². The van der Waals surface area contributed by atoms with Gasteiger partial charge in [0.1, 0.15) is 0 Å². The molecule has 1 aromatic rings. The lowest BCUT2D eigenvalue weighted by Crippen LogP contribution is -2.14. The highest BCUT2D eigenvalue weighted by molar-refractivity contribution is 6.19.